The van der Waals surface area contributed by atoms with Crippen molar-refractivity contribution in [3.8, 4) is 11.1 Å². The molecule has 0 atom stereocenters. The third kappa shape index (κ3) is 1.89. The van der Waals surface area contributed by atoms with Gasteiger partial charge in [-0.05, 0) is 48.2 Å². The van der Waals surface area contributed by atoms with E-state index in [4.69, 9.17) is 0 Å². The second-order valence-corrected chi connectivity index (χ2v) is 3.99. The minimum atomic E-state index is 0.738. The molecule has 0 saturated heterocycles. The molecule has 0 saturated carbocycles. The lowest BCUT2D eigenvalue weighted by Gasteiger charge is -2.10. The average molecular weight is 210 g/mol. The van der Waals surface area contributed by atoms with Gasteiger partial charge in [0.05, 0.1) is 0 Å². The van der Waals surface area contributed by atoms with Gasteiger partial charge in [0.1, 0.15) is 6.29 Å². The minimum Gasteiger partial charge on any atom is -0.298 e. The van der Waals surface area contributed by atoms with Crippen LogP contribution < -0.4 is 0 Å². The molecule has 0 heterocycles. The van der Waals surface area contributed by atoms with E-state index < -0.39 is 0 Å². The van der Waals surface area contributed by atoms with Gasteiger partial charge in [-0.25, -0.2) is 0 Å². The SMILES string of the molecule is Cc1cc(C=O)cc(-c2ccccc2)c1C. The van der Waals surface area contributed by atoms with Crippen LogP contribution in [0.3, 0.4) is 0 Å². The first-order chi connectivity index (χ1) is 7.72. The molecule has 0 spiro atoms. The highest BCUT2D eigenvalue weighted by molar-refractivity contribution is 5.81. The molecule has 2 aromatic rings. The van der Waals surface area contributed by atoms with E-state index in [0.717, 1.165) is 28.5 Å². The Kier molecular flexibility index (Phi) is 2.86. The summed E-state index contributed by atoms with van der Waals surface area (Å²) in [7, 11) is 0. The molecule has 0 amide bonds. The summed E-state index contributed by atoms with van der Waals surface area (Å²) < 4.78 is 0. The van der Waals surface area contributed by atoms with Gasteiger partial charge in [-0.3, -0.25) is 4.79 Å². The van der Waals surface area contributed by atoms with Gasteiger partial charge >= 0.3 is 0 Å². The lowest BCUT2D eigenvalue weighted by Crippen LogP contribution is -1.91. The molecule has 16 heavy (non-hydrogen) atoms. The quantitative estimate of drug-likeness (QED) is 0.689. The first kappa shape index (κ1) is 10.6. The van der Waals surface area contributed by atoms with Gasteiger partial charge in [-0.15, -0.1) is 0 Å². The van der Waals surface area contributed by atoms with Gasteiger partial charge in [0.2, 0.25) is 0 Å². The summed E-state index contributed by atoms with van der Waals surface area (Å²) in [5.41, 5.74) is 5.43. The molecule has 0 radical (unpaired) electrons. The molecular formula is C15H14O. The monoisotopic (exact) mass is 210 g/mol. The van der Waals surface area contributed by atoms with Crippen molar-refractivity contribution in [3.63, 3.8) is 0 Å². The van der Waals surface area contributed by atoms with Gasteiger partial charge in [0.25, 0.3) is 0 Å². The van der Waals surface area contributed by atoms with E-state index >= 15 is 0 Å². The smallest absolute Gasteiger partial charge is 0.150 e. The summed E-state index contributed by atoms with van der Waals surface area (Å²) in [6.45, 7) is 4.13. The van der Waals surface area contributed by atoms with Crippen molar-refractivity contribution in [1.29, 1.82) is 0 Å². The fourth-order valence-corrected chi connectivity index (χ4v) is 1.87. The molecule has 0 aliphatic rings. The molecule has 0 unspecified atom stereocenters. The Morgan fingerprint density at radius 2 is 1.69 bits per heavy atom. The van der Waals surface area contributed by atoms with Crippen LogP contribution in [0.5, 0.6) is 0 Å². The third-order valence-corrected chi connectivity index (χ3v) is 2.91. The van der Waals surface area contributed by atoms with Crippen molar-refractivity contribution in [2.45, 2.75) is 13.8 Å². The Morgan fingerprint density at radius 3 is 2.31 bits per heavy atom. The van der Waals surface area contributed by atoms with E-state index in [-0.39, 0.29) is 0 Å². The normalized spacial score (nSPS) is 10.1. The van der Waals surface area contributed by atoms with Crippen molar-refractivity contribution < 1.29 is 4.79 Å². The van der Waals surface area contributed by atoms with Crippen LogP contribution in [0.1, 0.15) is 21.5 Å². The van der Waals surface area contributed by atoms with Crippen molar-refractivity contribution >= 4 is 6.29 Å². The molecule has 0 aromatic heterocycles. The molecule has 0 bridgehead atoms. The van der Waals surface area contributed by atoms with E-state index in [0.29, 0.717) is 0 Å². The zero-order valence-electron chi connectivity index (χ0n) is 9.53. The topological polar surface area (TPSA) is 17.1 Å². The lowest BCUT2D eigenvalue weighted by molar-refractivity contribution is 0.112. The van der Waals surface area contributed by atoms with Crippen LogP contribution in [-0.2, 0) is 0 Å². The van der Waals surface area contributed by atoms with Crippen LogP contribution in [0.4, 0.5) is 0 Å². The van der Waals surface area contributed by atoms with Crippen LogP contribution in [0.2, 0.25) is 0 Å². The largest absolute Gasteiger partial charge is 0.298 e. The van der Waals surface area contributed by atoms with Crippen LogP contribution in [0.15, 0.2) is 42.5 Å². The van der Waals surface area contributed by atoms with Crippen LogP contribution in [0.25, 0.3) is 11.1 Å². The number of aryl methyl sites for hydroxylation is 1. The molecule has 0 aliphatic heterocycles. The molecule has 0 aliphatic carbocycles. The Balaban J connectivity index is 2.64. The average Bonchev–Trinajstić information content (AvgIpc) is 2.33. The summed E-state index contributed by atoms with van der Waals surface area (Å²) >= 11 is 0. The second kappa shape index (κ2) is 4.31. The number of carbonyl (C=O) groups is 1. The zero-order chi connectivity index (χ0) is 11.5. The van der Waals surface area contributed by atoms with E-state index in [2.05, 4.69) is 19.1 Å². The summed E-state index contributed by atoms with van der Waals surface area (Å²) in [6, 6.07) is 14.0. The van der Waals surface area contributed by atoms with Crippen molar-refractivity contribution in [2.24, 2.45) is 0 Å². The number of benzene rings is 2. The molecule has 80 valence electrons. The first-order valence-corrected chi connectivity index (χ1v) is 5.34. The molecular weight excluding hydrogens is 196 g/mol. The Bertz CT molecular complexity index is 512. The minimum absolute atomic E-state index is 0.738. The second-order valence-electron chi connectivity index (χ2n) is 3.99. The number of hydrogen-bond donors (Lipinski definition) is 0. The Hall–Kier alpha value is -1.89. The Morgan fingerprint density at radius 1 is 1.00 bits per heavy atom. The molecule has 0 fully saturated rings. The highest BCUT2D eigenvalue weighted by Gasteiger charge is 2.05. The maximum atomic E-state index is 10.9. The predicted octanol–water partition coefficient (Wildman–Crippen LogP) is 3.78. The first-order valence-electron chi connectivity index (χ1n) is 5.34. The van der Waals surface area contributed by atoms with E-state index in [1.807, 2.05) is 37.3 Å². The highest BCUT2D eigenvalue weighted by atomic mass is 16.1. The van der Waals surface area contributed by atoms with Gasteiger partial charge in [0, 0.05) is 5.56 Å². The van der Waals surface area contributed by atoms with E-state index in [1.165, 1.54) is 5.56 Å². The number of rotatable bonds is 2. The summed E-state index contributed by atoms with van der Waals surface area (Å²) in [5.74, 6) is 0. The predicted molar refractivity (Wildman–Crippen MR) is 66.7 cm³/mol. The molecule has 0 N–H and O–H groups in total. The summed E-state index contributed by atoms with van der Waals surface area (Å²) in [6.07, 6.45) is 0.902. The van der Waals surface area contributed by atoms with Gasteiger partial charge in [0.15, 0.2) is 0 Å². The molecule has 1 heteroatoms. The molecule has 1 nitrogen and oxygen atoms in total. The Labute approximate surface area is 95.7 Å². The van der Waals surface area contributed by atoms with Gasteiger partial charge in [-0.2, -0.15) is 0 Å². The van der Waals surface area contributed by atoms with Crippen molar-refractivity contribution in [1.82, 2.24) is 0 Å². The maximum Gasteiger partial charge on any atom is 0.150 e. The van der Waals surface area contributed by atoms with Gasteiger partial charge < -0.3 is 0 Å². The lowest BCUT2D eigenvalue weighted by atomic mass is 9.95. The van der Waals surface area contributed by atoms with E-state index in [9.17, 15) is 4.79 Å². The van der Waals surface area contributed by atoms with Crippen LogP contribution >= 0.6 is 0 Å². The number of carbonyl (C=O) groups excluding carboxylic acids is 1. The molecule has 2 aromatic carbocycles. The van der Waals surface area contributed by atoms with E-state index in [1.54, 1.807) is 0 Å². The van der Waals surface area contributed by atoms with Crippen molar-refractivity contribution in [3.05, 3.63) is 59.2 Å². The number of aldehydes is 1. The number of hydrogen-bond acceptors (Lipinski definition) is 1. The highest BCUT2D eigenvalue weighted by Crippen LogP contribution is 2.26. The third-order valence-electron chi connectivity index (χ3n) is 2.91. The standard InChI is InChI=1S/C15H14O/c1-11-8-13(10-16)9-15(12(11)2)14-6-4-3-5-7-14/h3-10H,1-2H3. The maximum absolute atomic E-state index is 10.9. The van der Waals surface area contributed by atoms with Crippen molar-refractivity contribution in [2.75, 3.05) is 0 Å². The van der Waals surface area contributed by atoms with Crippen LogP contribution in [0, 0.1) is 13.8 Å². The summed E-state index contributed by atoms with van der Waals surface area (Å²) in [5, 5.41) is 0. The fourth-order valence-electron chi connectivity index (χ4n) is 1.87. The molecule has 2 rings (SSSR count). The van der Waals surface area contributed by atoms with Crippen LogP contribution in [-0.4, -0.2) is 6.29 Å². The summed E-state index contributed by atoms with van der Waals surface area (Å²) in [4.78, 5) is 10.9. The fraction of sp³-hybridized carbons (Fsp3) is 0.133. The van der Waals surface area contributed by atoms with Gasteiger partial charge in [-0.1, -0.05) is 30.3 Å². The zero-order valence-corrected chi connectivity index (χ0v) is 9.53.